The van der Waals surface area contributed by atoms with E-state index in [1.165, 1.54) is 0 Å². The minimum absolute atomic E-state index is 0.154. The molecule has 0 saturated carbocycles. The zero-order valence-electron chi connectivity index (χ0n) is 8.08. The zero-order chi connectivity index (χ0) is 9.56. The van der Waals surface area contributed by atoms with Gasteiger partial charge >= 0.3 is 5.97 Å². The lowest BCUT2D eigenvalue weighted by molar-refractivity contribution is -0.137. The Hall–Kier alpha value is -0.790. The fraction of sp³-hybridized carbons (Fsp3) is 0.700. The monoisotopic (exact) mass is 170 g/mol. The first-order chi connectivity index (χ1) is 5.52. The molecule has 12 heavy (non-hydrogen) atoms. The van der Waals surface area contributed by atoms with Gasteiger partial charge in [-0.2, -0.15) is 0 Å². The second-order valence-corrected chi connectivity index (χ2v) is 3.63. The number of aliphatic carboxylic acids is 1. The van der Waals surface area contributed by atoms with E-state index in [-0.39, 0.29) is 12.3 Å². The molecule has 0 saturated heterocycles. The number of hydrogen-bond donors (Lipinski definition) is 1. The predicted molar refractivity (Wildman–Crippen MR) is 50.0 cm³/mol. The standard InChI is InChI=1S/C10H18O2/c1-8(2)5-4-6-9(3)7-10(11)12/h4,6,8-9H,5,7H2,1-3H3,(H,11,12). The van der Waals surface area contributed by atoms with Gasteiger partial charge in [0.05, 0.1) is 6.42 Å². The highest BCUT2D eigenvalue weighted by Crippen LogP contribution is 2.06. The van der Waals surface area contributed by atoms with E-state index in [2.05, 4.69) is 19.9 Å². The topological polar surface area (TPSA) is 37.3 Å². The van der Waals surface area contributed by atoms with Crippen molar-refractivity contribution in [3.8, 4) is 0 Å². The molecule has 0 radical (unpaired) electrons. The number of rotatable bonds is 5. The van der Waals surface area contributed by atoms with E-state index < -0.39 is 5.97 Å². The fourth-order valence-corrected chi connectivity index (χ4v) is 0.927. The van der Waals surface area contributed by atoms with Crippen LogP contribution in [0.2, 0.25) is 0 Å². The maximum Gasteiger partial charge on any atom is 0.303 e. The van der Waals surface area contributed by atoms with Crippen molar-refractivity contribution in [3.05, 3.63) is 12.2 Å². The molecular formula is C10H18O2. The Balaban J connectivity index is 3.60. The first-order valence-corrected chi connectivity index (χ1v) is 4.40. The lowest BCUT2D eigenvalue weighted by Gasteiger charge is -2.01. The van der Waals surface area contributed by atoms with Crippen LogP contribution in [-0.4, -0.2) is 11.1 Å². The predicted octanol–water partition coefficient (Wildman–Crippen LogP) is 2.70. The Morgan fingerprint density at radius 2 is 2.00 bits per heavy atom. The molecule has 70 valence electrons. The van der Waals surface area contributed by atoms with Gasteiger partial charge in [-0.3, -0.25) is 4.79 Å². The number of carbonyl (C=O) groups is 1. The van der Waals surface area contributed by atoms with Crippen molar-refractivity contribution in [1.29, 1.82) is 0 Å². The van der Waals surface area contributed by atoms with Gasteiger partial charge in [0.1, 0.15) is 0 Å². The van der Waals surface area contributed by atoms with Crippen LogP contribution in [0.25, 0.3) is 0 Å². The highest BCUT2D eigenvalue weighted by Gasteiger charge is 2.02. The summed E-state index contributed by atoms with van der Waals surface area (Å²) in [7, 11) is 0. The van der Waals surface area contributed by atoms with Crippen molar-refractivity contribution in [2.24, 2.45) is 11.8 Å². The Morgan fingerprint density at radius 3 is 2.42 bits per heavy atom. The zero-order valence-corrected chi connectivity index (χ0v) is 8.08. The number of carboxylic acids is 1. The van der Waals surface area contributed by atoms with Crippen LogP contribution in [-0.2, 0) is 4.79 Å². The fourth-order valence-electron chi connectivity index (χ4n) is 0.927. The highest BCUT2D eigenvalue weighted by atomic mass is 16.4. The molecule has 0 spiro atoms. The third-order valence-corrected chi connectivity index (χ3v) is 1.57. The van der Waals surface area contributed by atoms with Crippen LogP contribution in [0, 0.1) is 11.8 Å². The molecule has 0 amide bonds. The van der Waals surface area contributed by atoms with E-state index in [0.717, 1.165) is 6.42 Å². The minimum Gasteiger partial charge on any atom is -0.481 e. The summed E-state index contributed by atoms with van der Waals surface area (Å²) in [5, 5.41) is 8.46. The summed E-state index contributed by atoms with van der Waals surface area (Å²) < 4.78 is 0. The van der Waals surface area contributed by atoms with Crippen molar-refractivity contribution < 1.29 is 9.90 Å². The van der Waals surface area contributed by atoms with Crippen LogP contribution < -0.4 is 0 Å². The Labute approximate surface area is 74.3 Å². The Morgan fingerprint density at radius 1 is 1.42 bits per heavy atom. The van der Waals surface area contributed by atoms with Gasteiger partial charge in [-0.05, 0) is 18.3 Å². The second-order valence-electron chi connectivity index (χ2n) is 3.63. The third-order valence-electron chi connectivity index (χ3n) is 1.57. The first-order valence-electron chi connectivity index (χ1n) is 4.40. The molecule has 1 N–H and O–H groups in total. The molecule has 0 aromatic carbocycles. The van der Waals surface area contributed by atoms with Crippen molar-refractivity contribution in [1.82, 2.24) is 0 Å². The van der Waals surface area contributed by atoms with E-state index in [1.54, 1.807) is 0 Å². The van der Waals surface area contributed by atoms with E-state index in [1.807, 2.05) is 13.0 Å². The van der Waals surface area contributed by atoms with E-state index >= 15 is 0 Å². The number of hydrogen-bond acceptors (Lipinski definition) is 1. The molecule has 2 nitrogen and oxygen atoms in total. The normalized spacial score (nSPS) is 14.0. The largest absolute Gasteiger partial charge is 0.481 e. The van der Waals surface area contributed by atoms with E-state index in [9.17, 15) is 4.79 Å². The third kappa shape index (κ3) is 7.32. The van der Waals surface area contributed by atoms with Gasteiger partial charge in [-0.1, -0.05) is 32.9 Å². The quantitative estimate of drug-likeness (QED) is 0.644. The molecule has 1 atom stereocenters. The number of carboxylic acid groups (broad SMARTS) is 1. The van der Waals surface area contributed by atoms with Crippen molar-refractivity contribution >= 4 is 5.97 Å². The van der Waals surface area contributed by atoms with Gasteiger partial charge in [0, 0.05) is 0 Å². The van der Waals surface area contributed by atoms with Crippen LogP contribution in [0.3, 0.4) is 0 Å². The summed E-state index contributed by atoms with van der Waals surface area (Å²) in [5.74, 6) is 0.0798. The maximum atomic E-state index is 10.3. The lowest BCUT2D eigenvalue weighted by Crippen LogP contribution is -2.01. The summed E-state index contributed by atoms with van der Waals surface area (Å²) in [6.45, 7) is 6.21. The van der Waals surface area contributed by atoms with Crippen LogP contribution in [0.15, 0.2) is 12.2 Å². The Kier molecular flexibility index (Phi) is 5.43. The molecule has 0 aromatic rings. The molecule has 0 aromatic heterocycles. The number of allylic oxidation sites excluding steroid dienone is 2. The summed E-state index contributed by atoms with van der Waals surface area (Å²) >= 11 is 0. The van der Waals surface area contributed by atoms with Crippen LogP contribution in [0.4, 0.5) is 0 Å². The smallest absolute Gasteiger partial charge is 0.303 e. The lowest BCUT2D eigenvalue weighted by atomic mass is 10.0. The summed E-state index contributed by atoms with van der Waals surface area (Å²) in [4.78, 5) is 10.3. The van der Waals surface area contributed by atoms with Crippen molar-refractivity contribution in [2.45, 2.75) is 33.6 Å². The molecular weight excluding hydrogens is 152 g/mol. The molecule has 0 aliphatic rings. The molecule has 2 heteroatoms. The Bertz CT molecular complexity index is 159. The van der Waals surface area contributed by atoms with Gasteiger partial charge in [0.2, 0.25) is 0 Å². The van der Waals surface area contributed by atoms with Crippen molar-refractivity contribution in [2.75, 3.05) is 0 Å². The molecule has 0 rings (SSSR count). The second kappa shape index (κ2) is 5.81. The maximum absolute atomic E-state index is 10.3. The summed E-state index contributed by atoms with van der Waals surface area (Å²) in [6, 6.07) is 0. The van der Waals surface area contributed by atoms with Gasteiger partial charge in [0.15, 0.2) is 0 Å². The van der Waals surface area contributed by atoms with Crippen molar-refractivity contribution in [3.63, 3.8) is 0 Å². The molecule has 0 aliphatic heterocycles. The van der Waals surface area contributed by atoms with Gasteiger partial charge in [-0.25, -0.2) is 0 Å². The van der Waals surface area contributed by atoms with Gasteiger partial charge in [-0.15, -0.1) is 0 Å². The first kappa shape index (κ1) is 11.2. The minimum atomic E-state index is -0.725. The van der Waals surface area contributed by atoms with E-state index in [0.29, 0.717) is 5.92 Å². The average Bonchev–Trinajstić information content (AvgIpc) is 1.84. The van der Waals surface area contributed by atoms with Gasteiger partial charge in [0.25, 0.3) is 0 Å². The van der Waals surface area contributed by atoms with Crippen LogP contribution in [0.1, 0.15) is 33.6 Å². The molecule has 0 bridgehead atoms. The molecule has 0 heterocycles. The molecule has 1 unspecified atom stereocenters. The average molecular weight is 170 g/mol. The molecule has 0 aliphatic carbocycles. The van der Waals surface area contributed by atoms with Gasteiger partial charge < -0.3 is 5.11 Å². The van der Waals surface area contributed by atoms with E-state index in [4.69, 9.17) is 5.11 Å². The summed E-state index contributed by atoms with van der Waals surface area (Å²) in [5.41, 5.74) is 0. The highest BCUT2D eigenvalue weighted by molar-refractivity contribution is 5.67. The van der Waals surface area contributed by atoms with Crippen LogP contribution in [0.5, 0.6) is 0 Å². The molecule has 0 fully saturated rings. The van der Waals surface area contributed by atoms with Crippen LogP contribution >= 0.6 is 0 Å². The SMILES string of the molecule is CC(C)CC=CC(C)CC(=O)O. The summed E-state index contributed by atoms with van der Waals surface area (Å²) in [6.07, 6.45) is 5.31.